The fourth-order valence-electron chi connectivity index (χ4n) is 4.43. The van der Waals surface area contributed by atoms with Crippen LogP contribution in [-0.4, -0.2) is 52.3 Å². The summed E-state index contributed by atoms with van der Waals surface area (Å²) >= 11 is 6.31. The number of benzene rings is 1. The van der Waals surface area contributed by atoms with Crippen LogP contribution in [0.15, 0.2) is 24.3 Å². The molecule has 2 amide bonds. The molecule has 142 valence electrons. The number of rotatable bonds is 3. The van der Waals surface area contributed by atoms with Crippen LogP contribution in [0.25, 0.3) is 10.9 Å². The number of fused-ring (bicyclic) bond motifs is 5. The van der Waals surface area contributed by atoms with E-state index in [0.29, 0.717) is 29.2 Å². The van der Waals surface area contributed by atoms with Crippen molar-refractivity contribution in [3.05, 3.63) is 40.5 Å². The second kappa shape index (κ2) is 7.12. The second-order valence-corrected chi connectivity index (χ2v) is 8.02. The molecule has 1 aromatic heterocycles. The van der Waals surface area contributed by atoms with E-state index < -0.39 is 0 Å². The Balaban J connectivity index is 1.71. The summed E-state index contributed by atoms with van der Waals surface area (Å²) in [6, 6.07) is 7.48. The van der Waals surface area contributed by atoms with Gasteiger partial charge in [0.05, 0.1) is 22.0 Å². The molecule has 2 aromatic rings. The van der Waals surface area contributed by atoms with Gasteiger partial charge in [-0.25, -0.2) is 0 Å². The highest BCUT2D eigenvalue weighted by Gasteiger charge is 2.41. The van der Waals surface area contributed by atoms with E-state index in [4.69, 9.17) is 11.6 Å². The number of aryl methyl sites for hydroxylation is 1. The SMILES string of the molecule is CCCN1C(=O)[C@H]2CC[C@@H]1CN(C(=O)c1cc(C)nc3c(Cl)cccc13)C2. The van der Waals surface area contributed by atoms with Gasteiger partial charge in [0.2, 0.25) is 5.91 Å². The number of carbonyl (C=O) groups excluding carboxylic acids is 2. The highest BCUT2D eigenvalue weighted by molar-refractivity contribution is 6.35. The number of carbonyl (C=O) groups is 2. The molecule has 3 aliphatic heterocycles. The van der Waals surface area contributed by atoms with Gasteiger partial charge in [-0.1, -0.05) is 30.7 Å². The Morgan fingerprint density at radius 3 is 2.89 bits per heavy atom. The lowest BCUT2D eigenvalue weighted by atomic mass is 9.94. The van der Waals surface area contributed by atoms with Crippen molar-refractivity contribution in [2.75, 3.05) is 19.6 Å². The maximum atomic E-state index is 13.4. The molecule has 0 radical (unpaired) electrons. The van der Waals surface area contributed by atoms with Crippen molar-refractivity contribution in [1.29, 1.82) is 0 Å². The molecule has 3 aliphatic rings. The molecule has 4 heterocycles. The molecule has 3 fully saturated rings. The van der Waals surface area contributed by atoms with Crippen LogP contribution in [0.2, 0.25) is 5.02 Å². The van der Waals surface area contributed by atoms with Gasteiger partial charge in [-0.05, 0) is 38.3 Å². The molecule has 0 spiro atoms. The average molecular weight is 386 g/mol. The number of pyridine rings is 1. The zero-order valence-corrected chi connectivity index (χ0v) is 16.5. The van der Waals surface area contributed by atoms with Gasteiger partial charge in [-0.3, -0.25) is 14.6 Å². The normalized spacial score (nSPS) is 22.4. The van der Waals surface area contributed by atoms with E-state index in [1.54, 1.807) is 6.07 Å². The molecule has 0 aliphatic carbocycles. The van der Waals surface area contributed by atoms with Gasteiger partial charge in [0.15, 0.2) is 0 Å². The lowest BCUT2D eigenvalue weighted by molar-refractivity contribution is -0.139. The molecule has 6 heteroatoms. The first-order valence-electron chi connectivity index (χ1n) is 9.65. The third kappa shape index (κ3) is 3.18. The maximum absolute atomic E-state index is 13.4. The molecule has 0 unspecified atom stereocenters. The minimum absolute atomic E-state index is 0.0317. The van der Waals surface area contributed by atoms with Gasteiger partial charge in [-0.2, -0.15) is 0 Å². The molecule has 3 saturated heterocycles. The van der Waals surface area contributed by atoms with Gasteiger partial charge in [0, 0.05) is 36.8 Å². The van der Waals surface area contributed by atoms with Crippen molar-refractivity contribution < 1.29 is 9.59 Å². The van der Waals surface area contributed by atoms with Crippen molar-refractivity contribution in [2.45, 2.75) is 39.2 Å². The number of amides is 2. The van der Waals surface area contributed by atoms with Gasteiger partial charge in [0.25, 0.3) is 5.91 Å². The van der Waals surface area contributed by atoms with Crippen LogP contribution < -0.4 is 0 Å². The minimum atomic E-state index is -0.0861. The van der Waals surface area contributed by atoms with Crippen LogP contribution in [0.4, 0.5) is 0 Å². The fraction of sp³-hybridized carbons (Fsp3) is 0.476. The highest BCUT2D eigenvalue weighted by Crippen LogP contribution is 2.32. The number of aromatic nitrogens is 1. The van der Waals surface area contributed by atoms with E-state index >= 15 is 0 Å². The number of halogens is 1. The summed E-state index contributed by atoms with van der Waals surface area (Å²) < 4.78 is 0. The van der Waals surface area contributed by atoms with Crippen molar-refractivity contribution in [1.82, 2.24) is 14.8 Å². The second-order valence-electron chi connectivity index (χ2n) is 7.62. The topological polar surface area (TPSA) is 53.5 Å². The van der Waals surface area contributed by atoms with Crippen LogP contribution in [0, 0.1) is 12.8 Å². The third-order valence-corrected chi connectivity index (χ3v) is 6.00. The van der Waals surface area contributed by atoms with Gasteiger partial charge >= 0.3 is 0 Å². The van der Waals surface area contributed by atoms with Crippen molar-refractivity contribution in [3.63, 3.8) is 0 Å². The Labute approximate surface area is 164 Å². The standard InChI is InChI=1S/C21H24ClN3O2/c1-3-9-25-15-8-7-14(20(25)26)11-24(12-15)21(27)17-10-13(2)23-19-16(17)5-4-6-18(19)22/h4-6,10,14-15H,3,7-9,11-12H2,1-2H3/t14-,15+/m0/s1. The molecular formula is C21H24ClN3O2. The lowest BCUT2D eigenvalue weighted by Gasteiger charge is -2.35. The summed E-state index contributed by atoms with van der Waals surface area (Å²) in [4.78, 5) is 34.6. The summed E-state index contributed by atoms with van der Waals surface area (Å²) in [6.45, 7) is 5.83. The number of hydrogen-bond acceptors (Lipinski definition) is 3. The molecule has 0 N–H and O–H groups in total. The van der Waals surface area contributed by atoms with E-state index in [1.807, 2.05) is 34.9 Å². The summed E-state index contributed by atoms with van der Waals surface area (Å²) in [7, 11) is 0. The first-order chi connectivity index (χ1) is 13.0. The molecule has 2 atom stereocenters. The first kappa shape index (κ1) is 18.2. The van der Waals surface area contributed by atoms with E-state index in [9.17, 15) is 9.59 Å². The number of para-hydroxylation sites is 1. The van der Waals surface area contributed by atoms with Crippen LogP contribution in [0.1, 0.15) is 42.2 Å². The van der Waals surface area contributed by atoms with Crippen LogP contribution in [0.3, 0.4) is 0 Å². The van der Waals surface area contributed by atoms with E-state index in [0.717, 1.165) is 36.9 Å². The quantitative estimate of drug-likeness (QED) is 0.810. The summed E-state index contributed by atoms with van der Waals surface area (Å²) in [5.41, 5.74) is 2.04. The first-order valence-corrected chi connectivity index (χ1v) is 10.0. The van der Waals surface area contributed by atoms with Gasteiger partial charge in [0.1, 0.15) is 0 Å². The fourth-order valence-corrected chi connectivity index (χ4v) is 4.65. The Kier molecular flexibility index (Phi) is 4.81. The van der Waals surface area contributed by atoms with Gasteiger partial charge in [-0.15, -0.1) is 0 Å². The van der Waals surface area contributed by atoms with E-state index in [-0.39, 0.29) is 23.8 Å². The monoisotopic (exact) mass is 385 g/mol. The molecule has 27 heavy (non-hydrogen) atoms. The van der Waals surface area contributed by atoms with Crippen LogP contribution in [-0.2, 0) is 4.79 Å². The van der Waals surface area contributed by atoms with Crippen molar-refractivity contribution in [2.24, 2.45) is 5.92 Å². The Morgan fingerprint density at radius 2 is 2.11 bits per heavy atom. The molecule has 2 bridgehead atoms. The summed E-state index contributed by atoms with van der Waals surface area (Å²) in [5.74, 6) is 0.0927. The minimum Gasteiger partial charge on any atom is -0.338 e. The summed E-state index contributed by atoms with van der Waals surface area (Å²) in [5, 5.41) is 1.32. The molecule has 5 nitrogen and oxygen atoms in total. The number of hydrogen-bond donors (Lipinski definition) is 0. The Bertz CT molecular complexity index is 914. The zero-order valence-electron chi connectivity index (χ0n) is 15.7. The highest BCUT2D eigenvalue weighted by atomic mass is 35.5. The number of piperidine rings is 1. The van der Waals surface area contributed by atoms with Crippen LogP contribution >= 0.6 is 11.6 Å². The molecular weight excluding hydrogens is 362 g/mol. The number of nitrogens with zero attached hydrogens (tertiary/aromatic N) is 3. The average Bonchev–Trinajstić information content (AvgIpc) is 2.94. The van der Waals surface area contributed by atoms with Gasteiger partial charge < -0.3 is 9.80 Å². The Hall–Kier alpha value is -2.14. The molecule has 1 aromatic carbocycles. The zero-order chi connectivity index (χ0) is 19.1. The van der Waals surface area contributed by atoms with E-state index in [2.05, 4.69) is 11.9 Å². The summed E-state index contributed by atoms with van der Waals surface area (Å²) in [6.07, 6.45) is 2.78. The third-order valence-electron chi connectivity index (χ3n) is 5.69. The largest absolute Gasteiger partial charge is 0.338 e. The van der Waals surface area contributed by atoms with Crippen molar-refractivity contribution >= 4 is 34.3 Å². The van der Waals surface area contributed by atoms with Crippen LogP contribution in [0.5, 0.6) is 0 Å². The molecule has 5 rings (SSSR count). The maximum Gasteiger partial charge on any atom is 0.254 e. The lowest BCUT2D eigenvalue weighted by Crippen LogP contribution is -2.48. The van der Waals surface area contributed by atoms with Crippen molar-refractivity contribution in [3.8, 4) is 0 Å². The molecule has 0 saturated carbocycles. The van der Waals surface area contributed by atoms with E-state index in [1.165, 1.54) is 0 Å². The predicted molar refractivity (Wildman–Crippen MR) is 106 cm³/mol. The Morgan fingerprint density at radius 1 is 1.30 bits per heavy atom. The predicted octanol–water partition coefficient (Wildman–Crippen LogP) is 3.67. The smallest absolute Gasteiger partial charge is 0.254 e.